The number of fused-ring (bicyclic) bond motifs is 1. The number of nitriles is 1. The van der Waals surface area contributed by atoms with E-state index < -0.39 is 0 Å². The molecule has 1 fully saturated rings. The molecular weight excluding hydrogens is 476 g/mol. The average molecular weight is 501 g/mol. The number of imidazole rings is 1. The molecule has 1 saturated carbocycles. The fourth-order valence-corrected chi connectivity index (χ4v) is 5.18. The minimum atomic E-state index is -0.181. The number of hydrogen-bond acceptors (Lipinski definition) is 5. The Balaban J connectivity index is 1.33. The molecular formula is C27H25ClN6O2. The number of aromatic nitrogens is 4. The van der Waals surface area contributed by atoms with Gasteiger partial charge in [-0.1, -0.05) is 23.7 Å². The number of pyridine rings is 2. The summed E-state index contributed by atoms with van der Waals surface area (Å²) in [5.74, 6) is 0.143. The molecule has 3 heterocycles. The van der Waals surface area contributed by atoms with Crippen LogP contribution in [0.15, 0.2) is 59.8 Å². The molecule has 4 aromatic rings. The summed E-state index contributed by atoms with van der Waals surface area (Å²) in [6.07, 6.45) is 8.08. The number of carbonyl (C=O) groups is 1. The van der Waals surface area contributed by atoms with Crippen LogP contribution in [0.3, 0.4) is 0 Å². The summed E-state index contributed by atoms with van der Waals surface area (Å²) in [5, 5.41) is 13.1. The topological polar surface area (TPSA) is 106 Å². The fourth-order valence-electron chi connectivity index (χ4n) is 5.02. The van der Waals surface area contributed by atoms with Crippen LogP contribution in [0.4, 0.5) is 0 Å². The van der Waals surface area contributed by atoms with Gasteiger partial charge in [-0.25, -0.2) is 4.79 Å². The van der Waals surface area contributed by atoms with Gasteiger partial charge in [0.2, 0.25) is 0 Å². The molecule has 1 aliphatic carbocycles. The lowest BCUT2D eigenvalue weighted by molar-refractivity contribution is 0.0919. The van der Waals surface area contributed by atoms with Gasteiger partial charge >= 0.3 is 5.69 Å². The van der Waals surface area contributed by atoms with Gasteiger partial charge in [0.15, 0.2) is 0 Å². The van der Waals surface area contributed by atoms with E-state index in [2.05, 4.69) is 21.4 Å². The third kappa shape index (κ3) is 4.50. The highest BCUT2D eigenvalue weighted by molar-refractivity contribution is 6.30. The second kappa shape index (κ2) is 9.96. The molecule has 0 bridgehead atoms. The van der Waals surface area contributed by atoms with Crippen LogP contribution < -0.4 is 11.0 Å². The van der Waals surface area contributed by atoms with E-state index >= 15 is 0 Å². The number of hydrogen-bond donors (Lipinski definition) is 1. The molecule has 8 nitrogen and oxygen atoms in total. The summed E-state index contributed by atoms with van der Waals surface area (Å²) in [6, 6.07) is 13.1. The lowest BCUT2D eigenvalue weighted by atomic mass is 9.85. The normalized spacial score (nSPS) is 17.6. The number of carbonyl (C=O) groups excluding carboxylic acids is 1. The van der Waals surface area contributed by atoms with E-state index in [9.17, 15) is 14.9 Å². The van der Waals surface area contributed by atoms with E-state index in [1.54, 1.807) is 40.6 Å². The Morgan fingerprint density at radius 3 is 2.67 bits per heavy atom. The smallest absolute Gasteiger partial charge is 0.333 e. The zero-order valence-corrected chi connectivity index (χ0v) is 20.6. The Morgan fingerprint density at radius 2 is 1.92 bits per heavy atom. The highest BCUT2D eigenvalue weighted by atomic mass is 35.5. The van der Waals surface area contributed by atoms with Gasteiger partial charge in [0.1, 0.15) is 6.07 Å². The zero-order chi connectivity index (χ0) is 25.2. The summed E-state index contributed by atoms with van der Waals surface area (Å²) >= 11 is 6.02. The maximum Gasteiger partial charge on any atom is 0.333 e. The fraction of sp³-hybridized carbons (Fsp3) is 0.296. The standard InChI is InChI=1S/C27H25ClN6O2/c1-17-22(12-20(28)14-31-17)26(35)32-21-8-6-18(7-9-21)16-33-23-4-2-3-5-24(23)34(27(33)36)25-15-30-11-10-19(25)13-29/h2-5,10-12,14-15,18,21H,6-9,16H2,1H3,(H,32,35). The van der Waals surface area contributed by atoms with E-state index in [0.29, 0.717) is 40.0 Å². The van der Waals surface area contributed by atoms with Gasteiger partial charge in [-0.2, -0.15) is 5.26 Å². The Bertz CT molecular complexity index is 1540. The van der Waals surface area contributed by atoms with Crippen LogP contribution in [0.2, 0.25) is 5.02 Å². The number of halogens is 1. The van der Waals surface area contributed by atoms with Crippen LogP contribution >= 0.6 is 11.6 Å². The van der Waals surface area contributed by atoms with Crippen molar-refractivity contribution in [3.8, 4) is 11.8 Å². The van der Waals surface area contributed by atoms with Gasteiger partial charge in [0.05, 0.1) is 44.8 Å². The third-order valence-corrected chi connectivity index (χ3v) is 7.12. The molecule has 1 amide bonds. The number of amides is 1. The van der Waals surface area contributed by atoms with E-state index in [1.165, 1.54) is 6.20 Å². The molecule has 36 heavy (non-hydrogen) atoms. The molecule has 0 aliphatic heterocycles. The molecule has 182 valence electrons. The van der Waals surface area contributed by atoms with Gasteiger partial charge < -0.3 is 5.32 Å². The van der Waals surface area contributed by atoms with Crippen molar-refractivity contribution in [3.63, 3.8) is 0 Å². The van der Waals surface area contributed by atoms with Crippen LogP contribution in [0, 0.1) is 24.2 Å². The quantitative estimate of drug-likeness (QED) is 0.437. The molecule has 5 rings (SSSR count). The van der Waals surface area contributed by atoms with Gasteiger partial charge in [0, 0.05) is 25.0 Å². The monoisotopic (exact) mass is 500 g/mol. The predicted molar refractivity (Wildman–Crippen MR) is 137 cm³/mol. The lowest BCUT2D eigenvalue weighted by Crippen LogP contribution is -2.39. The van der Waals surface area contributed by atoms with Crippen LogP contribution in [-0.4, -0.2) is 31.1 Å². The second-order valence-electron chi connectivity index (χ2n) is 9.20. The molecule has 1 aliphatic rings. The Hall–Kier alpha value is -3.96. The maximum absolute atomic E-state index is 13.6. The minimum Gasteiger partial charge on any atom is -0.349 e. The number of nitrogens with one attached hydrogen (secondary N) is 1. The highest BCUT2D eigenvalue weighted by Crippen LogP contribution is 2.28. The van der Waals surface area contributed by atoms with E-state index in [1.807, 2.05) is 24.3 Å². The van der Waals surface area contributed by atoms with Crippen LogP contribution in [0.5, 0.6) is 0 Å². The largest absolute Gasteiger partial charge is 0.349 e. The van der Waals surface area contributed by atoms with Crippen molar-refractivity contribution in [1.82, 2.24) is 24.4 Å². The van der Waals surface area contributed by atoms with Crippen molar-refractivity contribution < 1.29 is 4.79 Å². The first kappa shape index (κ1) is 23.8. The number of nitrogens with zero attached hydrogens (tertiary/aromatic N) is 5. The first-order chi connectivity index (χ1) is 17.5. The van der Waals surface area contributed by atoms with E-state index in [4.69, 9.17) is 11.6 Å². The van der Waals surface area contributed by atoms with Gasteiger partial charge in [-0.05, 0) is 62.8 Å². The van der Waals surface area contributed by atoms with Gasteiger partial charge in [-0.15, -0.1) is 0 Å². The van der Waals surface area contributed by atoms with Crippen molar-refractivity contribution >= 4 is 28.5 Å². The van der Waals surface area contributed by atoms with E-state index in [0.717, 1.165) is 36.7 Å². The maximum atomic E-state index is 13.6. The Morgan fingerprint density at radius 1 is 1.17 bits per heavy atom. The summed E-state index contributed by atoms with van der Waals surface area (Å²) in [4.78, 5) is 34.6. The van der Waals surface area contributed by atoms with Crippen molar-refractivity contribution in [2.45, 2.75) is 45.2 Å². The van der Waals surface area contributed by atoms with Crippen molar-refractivity contribution in [3.05, 3.63) is 87.3 Å². The first-order valence-corrected chi connectivity index (χ1v) is 12.3. The number of aryl methyl sites for hydroxylation is 1. The molecule has 9 heteroatoms. The molecule has 0 radical (unpaired) electrons. The summed E-state index contributed by atoms with van der Waals surface area (Å²) < 4.78 is 3.38. The lowest BCUT2D eigenvalue weighted by Gasteiger charge is -2.29. The molecule has 3 aromatic heterocycles. The second-order valence-corrected chi connectivity index (χ2v) is 9.64. The molecule has 0 unspecified atom stereocenters. The summed E-state index contributed by atoms with van der Waals surface area (Å²) in [7, 11) is 0. The molecule has 0 spiro atoms. The van der Waals surface area contributed by atoms with E-state index in [-0.39, 0.29) is 17.6 Å². The van der Waals surface area contributed by atoms with Crippen LogP contribution in [0.1, 0.15) is 47.3 Å². The summed E-state index contributed by atoms with van der Waals surface area (Å²) in [5.41, 5.74) is 3.42. The first-order valence-electron chi connectivity index (χ1n) is 11.9. The molecule has 0 saturated heterocycles. The molecule has 1 N–H and O–H groups in total. The molecule has 1 aromatic carbocycles. The van der Waals surface area contributed by atoms with Crippen molar-refractivity contribution in [1.29, 1.82) is 5.26 Å². The molecule has 0 atom stereocenters. The van der Waals surface area contributed by atoms with Gasteiger partial charge in [0.25, 0.3) is 5.91 Å². The summed E-state index contributed by atoms with van der Waals surface area (Å²) in [6.45, 7) is 2.37. The SMILES string of the molecule is Cc1ncc(Cl)cc1C(=O)NC1CCC(Cn2c(=O)n(-c3cnccc3C#N)c3ccccc32)CC1. The van der Waals surface area contributed by atoms with Crippen LogP contribution in [-0.2, 0) is 6.54 Å². The number of para-hydroxylation sites is 2. The van der Waals surface area contributed by atoms with Crippen LogP contribution in [0.25, 0.3) is 16.7 Å². The van der Waals surface area contributed by atoms with Crippen molar-refractivity contribution in [2.75, 3.05) is 0 Å². The highest BCUT2D eigenvalue weighted by Gasteiger charge is 2.26. The number of rotatable bonds is 5. The Labute approximate surface area is 213 Å². The van der Waals surface area contributed by atoms with Crippen molar-refractivity contribution in [2.24, 2.45) is 5.92 Å². The minimum absolute atomic E-state index is 0.0683. The Kier molecular flexibility index (Phi) is 6.57. The predicted octanol–water partition coefficient (Wildman–Crippen LogP) is 4.40. The number of benzene rings is 1. The zero-order valence-electron chi connectivity index (χ0n) is 19.8. The third-order valence-electron chi connectivity index (χ3n) is 6.92. The van der Waals surface area contributed by atoms with Gasteiger partial charge in [-0.3, -0.25) is 23.9 Å². The average Bonchev–Trinajstić information content (AvgIpc) is 3.17.